The third-order valence-electron chi connectivity index (χ3n) is 5.37. The van der Waals surface area contributed by atoms with Gasteiger partial charge in [0.25, 0.3) is 0 Å². The molecule has 17 heavy (non-hydrogen) atoms. The van der Waals surface area contributed by atoms with Crippen LogP contribution in [0.1, 0.15) is 58.8 Å². The Labute approximate surface area is 107 Å². The lowest BCUT2D eigenvalue weighted by Crippen LogP contribution is -2.54. The van der Waals surface area contributed by atoms with Crippen molar-refractivity contribution < 1.29 is 0 Å². The van der Waals surface area contributed by atoms with Crippen LogP contribution in [0.5, 0.6) is 0 Å². The molecule has 2 nitrogen and oxygen atoms in total. The van der Waals surface area contributed by atoms with Gasteiger partial charge in [-0.3, -0.25) is 4.90 Å². The van der Waals surface area contributed by atoms with E-state index in [0.717, 1.165) is 12.0 Å². The molecule has 2 heteroatoms. The minimum atomic E-state index is 0.396. The first-order chi connectivity index (χ1) is 8.18. The van der Waals surface area contributed by atoms with E-state index in [4.69, 9.17) is 0 Å². The highest BCUT2D eigenvalue weighted by Gasteiger charge is 2.34. The molecule has 1 aliphatic heterocycles. The average molecular weight is 238 g/mol. The number of likely N-dealkylation sites (tertiary alicyclic amines) is 1. The summed E-state index contributed by atoms with van der Waals surface area (Å²) in [5.74, 6) is 0.975. The van der Waals surface area contributed by atoms with Gasteiger partial charge in [0.2, 0.25) is 0 Å². The summed E-state index contributed by atoms with van der Waals surface area (Å²) < 4.78 is 0. The molecule has 2 unspecified atom stereocenters. The van der Waals surface area contributed by atoms with Crippen molar-refractivity contribution in [2.75, 3.05) is 20.1 Å². The second-order valence-corrected chi connectivity index (χ2v) is 6.37. The van der Waals surface area contributed by atoms with Crippen molar-refractivity contribution in [2.24, 2.45) is 5.92 Å². The Morgan fingerprint density at radius 3 is 2.41 bits per heavy atom. The van der Waals surface area contributed by atoms with Crippen LogP contribution in [0.2, 0.25) is 0 Å². The molecule has 1 heterocycles. The van der Waals surface area contributed by atoms with Crippen LogP contribution in [0.3, 0.4) is 0 Å². The highest BCUT2D eigenvalue weighted by atomic mass is 15.2. The number of nitrogens with one attached hydrogen (secondary N) is 1. The van der Waals surface area contributed by atoms with Crippen molar-refractivity contribution in [1.29, 1.82) is 0 Å². The summed E-state index contributed by atoms with van der Waals surface area (Å²) in [5.41, 5.74) is 0.396. The Morgan fingerprint density at radius 1 is 1.18 bits per heavy atom. The molecule has 0 spiro atoms. The first-order valence-corrected chi connectivity index (χ1v) is 7.61. The van der Waals surface area contributed by atoms with Crippen LogP contribution in [0.15, 0.2) is 0 Å². The quantitative estimate of drug-likeness (QED) is 0.813. The van der Waals surface area contributed by atoms with Gasteiger partial charge in [0.05, 0.1) is 0 Å². The fraction of sp³-hybridized carbons (Fsp3) is 1.00. The van der Waals surface area contributed by atoms with Crippen molar-refractivity contribution in [3.8, 4) is 0 Å². The predicted octanol–water partition coefficient (Wildman–Crippen LogP) is 3.03. The van der Waals surface area contributed by atoms with Gasteiger partial charge in [-0.05, 0) is 45.6 Å². The summed E-state index contributed by atoms with van der Waals surface area (Å²) in [4.78, 5) is 2.80. The summed E-state index contributed by atoms with van der Waals surface area (Å²) in [6.45, 7) is 7.37. The van der Waals surface area contributed by atoms with Gasteiger partial charge in [0.1, 0.15) is 0 Å². The molecule has 0 aromatic carbocycles. The largest absolute Gasteiger partial charge is 0.314 e. The lowest BCUT2D eigenvalue weighted by atomic mass is 9.80. The van der Waals surface area contributed by atoms with Gasteiger partial charge in [-0.2, -0.15) is 0 Å². The maximum absolute atomic E-state index is 3.50. The topological polar surface area (TPSA) is 15.3 Å². The average Bonchev–Trinajstić information content (AvgIpc) is 2.40. The third-order valence-corrected chi connectivity index (χ3v) is 5.37. The van der Waals surface area contributed by atoms with E-state index in [1.165, 1.54) is 58.0 Å². The Hall–Kier alpha value is -0.0800. The number of hydrogen-bond donors (Lipinski definition) is 1. The second-order valence-electron chi connectivity index (χ2n) is 6.37. The minimum Gasteiger partial charge on any atom is -0.314 e. The predicted molar refractivity (Wildman–Crippen MR) is 74.3 cm³/mol. The lowest BCUT2D eigenvalue weighted by Gasteiger charge is -2.46. The van der Waals surface area contributed by atoms with Crippen molar-refractivity contribution >= 4 is 0 Å². The zero-order chi connectivity index (χ0) is 12.3. The Bertz CT molecular complexity index is 231. The van der Waals surface area contributed by atoms with E-state index in [-0.39, 0.29) is 0 Å². The molecular formula is C15H30N2. The normalized spacial score (nSPS) is 34.8. The Balaban J connectivity index is 1.90. The summed E-state index contributed by atoms with van der Waals surface area (Å²) in [6.07, 6.45) is 9.87. The molecule has 1 N–H and O–H groups in total. The van der Waals surface area contributed by atoms with Crippen molar-refractivity contribution in [2.45, 2.75) is 70.4 Å². The van der Waals surface area contributed by atoms with E-state index in [0.29, 0.717) is 5.54 Å². The molecule has 0 radical (unpaired) electrons. The highest BCUT2D eigenvalue weighted by Crippen LogP contribution is 2.33. The number of piperidine rings is 1. The first-order valence-electron chi connectivity index (χ1n) is 7.61. The van der Waals surface area contributed by atoms with E-state index in [1.807, 2.05) is 0 Å². The zero-order valence-corrected chi connectivity index (χ0v) is 12.0. The maximum Gasteiger partial charge on any atom is 0.0174 e. The summed E-state index contributed by atoms with van der Waals surface area (Å²) in [5, 5.41) is 3.50. The molecule has 1 aliphatic carbocycles. The molecule has 0 bridgehead atoms. The fourth-order valence-electron chi connectivity index (χ4n) is 3.74. The Kier molecular flexibility index (Phi) is 4.48. The standard InChI is InChI=1S/C15H30N2/c1-4-13-7-5-6-8-14(13)17-11-9-15(2,16-3)10-12-17/h13-14,16H,4-12H2,1-3H3. The molecule has 2 fully saturated rings. The molecule has 2 atom stereocenters. The van der Waals surface area contributed by atoms with Gasteiger partial charge in [0.15, 0.2) is 0 Å². The van der Waals surface area contributed by atoms with Gasteiger partial charge in [-0.1, -0.05) is 26.2 Å². The molecule has 0 aromatic heterocycles. The van der Waals surface area contributed by atoms with Gasteiger partial charge in [0, 0.05) is 24.7 Å². The summed E-state index contributed by atoms with van der Waals surface area (Å²) in [6, 6.07) is 0.898. The van der Waals surface area contributed by atoms with Gasteiger partial charge < -0.3 is 5.32 Å². The summed E-state index contributed by atoms with van der Waals surface area (Å²) >= 11 is 0. The smallest absolute Gasteiger partial charge is 0.0174 e. The van der Waals surface area contributed by atoms with Crippen LogP contribution in [0.25, 0.3) is 0 Å². The lowest BCUT2D eigenvalue weighted by molar-refractivity contribution is 0.0555. The third kappa shape index (κ3) is 3.03. The van der Waals surface area contributed by atoms with Gasteiger partial charge in [-0.25, -0.2) is 0 Å². The molecule has 100 valence electrons. The van der Waals surface area contributed by atoms with E-state index >= 15 is 0 Å². The van der Waals surface area contributed by atoms with Crippen molar-refractivity contribution in [1.82, 2.24) is 10.2 Å². The minimum absolute atomic E-state index is 0.396. The highest BCUT2D eigenvalue weighted by molar-refractivity contribution is 4.92. The zero-order valence-electron chi connectivity index (χ0n) is 12.0. The monoisotopic (exact) mass is 238 g/mol. The number of rotatable bonds is 3. The first kappa shape index (κ1) is 13.4. The molecule has 2 rings (SSSR count). The van der Waals surface area contributed by atoms with Crippen LogP contribution in [-0.4, -0.2) is 36.6 Å². The molecule has 1 saturated carbocycles. The van der Waals surface area contributed by atoms with E-state index < -0.39 is 0 Å². The fourth-order valence-corrected chi connectivity index (χ4v) is 3.74. The van der Waals surface area contributed by atoms with Gasteiger partial charge in [-0.15, -0.1) is 0 Å². The van der Waals surface area contributed by atoms with Crippen molar-refractivity contribution in [3.05, 3.63) is 0 Å². The Morgan fingerprint density at radius 2 is 1.82 bits per heavy atom. The van der Waals surface area contributed by atoms with Crippen LogP contribution in [0.4, 0.5) is 0 Å². The number of hydrogen-bond acceptors (Lipinski definition) is 2. The molecular weight excluding hydrogens is 208 g/mol. The summed E-state index contributed by atoms with van der Waals surface area (Å²) in [7, 11) is 2.12. The van der Waals surface area contributed by atoms with Crippen LogP contribution >= 0.6 is 0 Å². The van der Waals surface area contributed by atoms with Gasteiger partial charge >= 0.3 is 0 Å². The van der Waals surface area contributed by atoms with Crippen LogP contribution in [-0.2, 0) is 0 Å². The van der Waals surface area contributed by atoms with Crippen LogP contribution in [0, 0.1) is 5.92 Å². The van der Waals surface area contributed by atoms with Crippen LogP contribution < -0.4 is 5.32 Å². The maximum atomic E-state index is 3.50. The second kappa shape index (κ2) is 5.71. The number of nitrogens with zero attached hydrogens (tertiary/aromatic N) is 1. The molecule has 0 aromatic rings. The van der Waals surface area contributed by atoms with E-state index in [1.54, 1.807) is 0 Å². The molecule has 0 amide bonds. The van der Waals surface area contributed by atoms with E-state index in [9.17, 15) is 0 Å². The van der Waals surface area contributed by atoms with Crippen molar-refractivity contribution in [3.63, 3.8) is 0 Å². The molecule has 1 saturated heterocycles. The molecule has 2 aliphatic rings. The SMILES string of the molecule is CCC1CCCCC1N1CCC(C)(NC)CC1. The van der Waals surface area contributed by atoms with E-state index in [2.05, 4.69) is 31.1 Å².